The maximum absolute atomic E-state index is 11.9. The van der Waals surface area contributed by atoms with E-state index in [9.17, 15) is 4.79 Å². The van der Waals surface area contributed by atoms with Crippen LogP contribution < -0.4 is 5.32 Å². The van der Waals surface area contributed by atoms with Crippen molar-refractivity contribution in [3.8, 4) is 0 Å². The highest BCUT2D eigenvalue weighted by Crippen LogP contribution is 2.22. The molecule has 0 saturated heterocycles. The molecule has 1 aromatic rings. The molecule has 0 fully saturated rings. The number of ether oxygens (including phenoxy) is 1. The van der Waals surface area contributed by atoms with E-state index in [1.54, 1.807) is 0 Å². The number of aromatic nitrogens is 1. The van der Waals surface area contributed by atoms with Gasteiger partial charge in [-0.3, -0.25) is 10.1 Å². The van der Waals surface area contributed by atoms with Crippen LogP contribution in [0.5, 0.6) is 0 Å². The number of carbonyl (C=O) groups is 1. The number of nitrogens with zero attached hydrogens (tertiary/aromatic N) is 1. The fraction of sp³-hybridized carbons (Fsp3) is 0.714. The average molecular weight is 268 g/mol. The molecule has 5 nitrogen and oxygen atoms in total. The van der Waals surface area contributed by atoms with Gasteiger partial charge in [0.15, 0.2) is 0 Å². The Kier molecular flexibility index (Phi) is 6.02. The lowest BCUT2D eigenvalue weighted by molar-refractivity contribution is -0.146. The van der Waals surface area contributed by atoms with E-state index in [-0.39, 0.29) is 18.1 Å². The molecule has 2 unspecified atom stereocenters. The molecule has 0 amide bonds. The standard InChI is InChI=1S/C14H24N2O3/c1-6-8-12(14(17)18-7-2)15-9(3)13-10(4)16-19-11(13)5/h9,12,15H,6-8H2,1-5H3. The van der Waals surface area contributed by atoms with Gasteiger partial charge < -0.3 is 9.26 Å². The Balaban J connectivity index is 2.76. The van der Waals surface area contributed by atoms with E-state index in [4.69, 9.17) is 9.26 Å². The molecule has 2 atom stereocenters. The number of hydrogen-bond acceptors (Lipinski definition) is 5. The summed E-state index contributed by atoms with van der Waals surface area (Å²) >= 11 is 0. The van der Waals surface area contributed by atoms with E-state index in [2.05, 4.69) is 17.4 Å². The minimum atomic E-state index is -0.284. The van der Waals surface area contributed by atoms with Gasteiger partial charge in [-0.05, 0) is 34.1 Å². The zero-order valence-corrected chi connectivity index (χ0v) is 12.4. The van der Waals surface area contributed by atoms with Crippen molar-refractivity contribution in [2.45, 2.75) is 59.5 Å². The summed E-state index contributed by atoms with van der Waals surface area (Å²) in [5.41, 5.74) is 1.88. The van der Waals surface area contributed by atoms with Gasteiger partial charge in [0.2, 0.25) is 0 Å². The van der Waals surface area contributed by atoms with Gasteiger partial charge >= 0.3 is 5.97 Å². The second-order valence-corrected chi connectivity index (χ2v) is 4.72. The number of nitrogens with one attached hydrogen (secondary N) is 1. The predicted molar refractivity (Wildman–Crippen MR) is 72.9 cm³/mol. The van der Waals surface area contributed by atoms with Gasteiger partial charge in [0.1, 0.15) is 11.8 Å². The highest BCUT2D eigenvalue weighted by atomic mass is 16.5. The van der Waals surface area contributed by atoms with Gasteiger partial charge in [0.25, 0.3) is 0 Å². The quantitative estimate of drug-likeness (QED) is 0.770. The molecule has 0 radical (unpaired) electrons. The van der Waals surface area contributed by atoms with E-state index in [1.165, 1.54) is 0 Å². The van der Waals surface area contributed by atoms with Crippen LogP contribution in [0.2, 0.25) is 0 Å². The van der Waals surface area contributed by atoms with Crippen molar-refractivity contribution < 1.29 is 14.1 Å². The van der Waals surface area contributed by atoms with E-state index in [1.807, 2.05) is 27.7 Å². The van der Waals surface area contributed by atoms with Crippen molar-refractivity contribution >= 4 is 5.97 Å². The van der Waals surface area contributed by atoms with Gasteiger partial charge in [-0.25, -0.2) is 0 Å². The third-order valence-corrected chi connectivity index (χ3v) is 3.12. The SMILES string of the molecule is CCCC(NC(C)c1c(C)noc1C)C(=O)OCC. The Morgan fingerprint density at radius 3 is 2.58 bits per heavy atom. The van der Waals surface area contributed by atoms with Crippen LogP contribution >= 0.6 is 0 Å². The molecule has 108 valence electrons. The number of aryl methyl sites for hydroxylation is 2. The lowest BCUT2D eigenvalue weighted by Crippen LogP contribution is -2.39. The van der Waals surface area contributed by atoms with E-state index < -0.39 is 0 Å². The Hall–Kier alpha value is -1.36. The molecule has 5 heteroatoms. The lowest BCUT2D eigenvalue weighted by Gasteiger charge is -2.21. The molecule has 0 aliphatic carbocycles. The van der Waals surface area contributed by atoms with Crippen LogP contribution in [0.3, 0.4) is 0 Å². The molecule has 0 aromatic carbocycles. The summed E-state index contributed by atoms with van der Waals surface area (Å²) in [7, 11) is 0. The fourth-order valence-electron chi connectivity index (χ4n) is 2.29. The van der Waals surface area contributed by atoms with Crippen molar-refractivity contribution in [3.63, 3.8) is 0 Å². The molecule has 0 aliphatic rings. The van der Waals surface area contributed by atoms with Crippen LogP contribution in [-0.2, 0) is 9.53 Å². The van der Waals surface area contributed by atoms with Crippen molar-refractivity contribution in [1.82, 2.24) is 10.5 Å². The van der Waals surface area contributed by atoms with Gasteiger partial charge in [-0.15, -0.1) is 0 Å². The first-order valence-corrected chi connectivity index (χ1v) is 6.86. The summed E-state index contributed by atoms with van der Waals surface area (Å²) in [6, 6.07) is -0.277. The first kappa shape index (κ1) is 15.7. The molecule has 1 heterocycles. The summed E-state index contributed by atoms with van der Waals surface area (Å²) in [5, 5.41) is 7.25. The minimum absolute atomic E-state index is 0.00667. The number of esters is 1. The Morgan fingerprint density at radius 1 is 1.42 bits per heavy atom. The van der Waals surface area contributed by atoms with Crippen molar-refractivity contribution in [3.05, 3.63) is 17.0 Å². The van der Waals surface area contributed by atoms with E-state index >= 15 is 0 Å². The third kappa shape index (κ3) is 4.06. The zero-order chi connectivity index (χ0) is 14.4. The number of hydrogen-bond donors (Lipinski definition) is 1. The normalized spacial score (nSPS) is 14.2. The van der Waals surface area contributed by atoms with Crippen LogP contribution in [0, 0.1) is 13.8 Å². The summed E-state index contributed by atoms with van der Waals surface area (Å²) in [5.74, 6) is 0.597. The summed E-state index contributed by atoms with van der Waals surface area (Å²) in [6.45, 7) is 10.1. The van der Waals surface area contributed by atoms with E-state index in [0.29, 0.717) is 6.61 Å². The van der Waals surface area contributed by atoms with Crippen LogP contribution in [0.15, 0.2) is 4.52 Å². The Labute approximate surface area is 114 Å². The Bertz CT molecular complexity index is 395. The monoisotopic (exact) mass is 268 g/mol. The maximum atomic E-state index is 11.9. The zero-order valence-electron chi connectivity index (χ0n) is 12.4. The molecule has 19 heavy (non-hydrogen) atoms. The first-order valence-electron chi connectivity index (χ1n) is 6.86. The van der Waals surface area contributed by atoms with E-state index in [0.717, 1.165) is 29.9 Å². The van der Waals surface area contributed by atoms with Crippen molar-refractivity contribution in [1.29, 1.82) is 0 Å². The lowest BCUT2D eigenvalue weighted by atomic mass is 10.0. The second kappa shape index (κ2) is 7.28. The molecule has 0 aliphatic heterocycles. The van der Waals surface area contributed by atoms with Crippen molar-refractivity contribution in [2.75, 3.05) is 6.61 Å². The van der Waals surface area contributed by atoms with Gasteiger partial charge in [0, 0.05) is 11.6 Å². The highest BCUT2D eigenvalue weighted by molar-refractivity contribution is 5.75. The molecule has 1 N–H and O–H groups in total. The van der Waals surface area contributed by atoms with Gasteiger partial charge in [-0.2, -0.15) is 0 Å². The fourth-order valence-corrected chi connectivity index (χ4v) is 2.29. The van der Waals surface area contributed by atoms with Crippen LogP contribution in [0.25, 0.3) is 0 Å². The largest absolute Gasteiger partial charge is 0.465 e. The number of rotatable bonds is 7. The maximum Gasteiger partial charge on any atom is 0.323 e. The summed E-state index contributed by atoms with van der Waals surface area (Å²) < 4.78 is 10.3. The first-order chi connectivity index (χ1) is 9.01. The molecule has 0 saturated carbocycles. The summed E-state index contributed by atoms with van der Waals surface area (Å²) in [6.07, 6.45) is 1.68. The smallest absolute Gasteiger partial charge is 0.323 e. The summed E-state index contributed by atoms with van der Waals surface area (Å²) in [4.78, 5) is 11.9. The number of carbonyl (C=O) groups excluding carboxylic acids is 1. The predicted octanol–water partition coefficient (Wildman–Crippen LogP) is 2.67. The second-order valence-electron chi connectivity index (χ2n) is 4.72. The van der Waals surface area contributed by atoms with Gasteiger partial charge in [-0.1, -0.05) is 18.5 Å². The molecule has 1 rings (SSSR count). The minimum Gasteiger partial charge on any atom is -0.465 e. The average Bonchev–Trinajstić information content (AvgIpc) is 2.68. The van der Waals surface area contributed by atoms with Crippen LogP contribution in [-0.4, -0.2) is 23.8 Å². The van der Waals surface area contributed by atoms with Crippen LogP contribution in [0.1, 0.15) is 56.7 Å². The highest BCUT2D eigenvalue weighted by Gasteiger charge is 2.24. The topological polar surface area (TPSA) is 64.4 Å². The molecule has 1 aromatic heterocycles. The van der Waals surface area contributed by atoms with Gasteiger partial charge in [0.05, 0.1) is 12.3 Å². The van der Waals surface area contributed by atoms with Crippen molar-refractivity contribution in [2.24, 2.45) is 0 Å². The molecule has 0 bridgehead atoms. The Morgan fingerprint density at radius 2 is 2.11 bits per heavy atom. The van der Waals surface area contributed by atoms with Crippen LogP contribution in [0.4, 0.5) is 0 Å². The third-order valence-electron chi connectivity index (χ3n) is 3.12. The molecule has 0 spiro atoms. The molecular weight excluding hydrogens is 244 g/mol. The molecular formula is C14H24N2O3.